The maximum Gasteiger partial charge on any atom is 0.335 e. The second-order valence-corrected chi connectivity index (χ2v) is 2.60. The summed E-state index contributed by atoms with van der Waals surface area (Å²) in [7, 11) is 0. The number of hydrogen-bond acceptors (Lipinski definition) is 4. The minimum Gasteiger partial charge on any atom is -0.382 e. The van der Waals surface area contributed by atoms with E-state index in [0.717, 1.165) is 39.3 Å². The van der Waals surface area contributed by atoms with Crippen molar-refractivity contribution in [1.82, 2.24) is 0 Å². The lowest BCUT2D eigenvalue weighted by Gasteiger charge is -1.91. The van der Waals surface area contributed by atoms with Gasteiger partial charge in [0.25, 0.3) is 0 Å². The molecule has 94 valence electrons. The Morgan fingerprint density at radius 2 is 1.07 bits per heavy atom. The highest BCUT2D eigenvalue weighted by molar-refractivity contribution is 7.51. The number of ether oxygens (including phenoxy) is 2. The van der Waals surface area contributed by atoms with E-state index >= 15 is 0 Å². The largest absolute Gasteiger partial charge is 0.382 e. The van der Waals surface area contributed by atoms with E-state index in [1.54, 1.807) is 0 Å². The van der Waals surface area contributed by atoms with E-state index in [1.165, 1.54) is 0 Å². The van der Waals surface area contributed by atoms with Gasteiger partial charge in [-0.2, -0.15) is 8.42 Å². The van der Waals surface area contributed by atoms with Crippen LogP contribution < -0.4 is 0 Å². The van der Waals surface area contributed by atoms with Gasteiger partial charge in [-0.05, 0) is 26.7 Å². The molecule has 0 aromatic heterocycles. The first-order chi connectivity index (χ1) is 7.24. The zero-order valence-electron chi connectivity index (χ0n) is 10.3. The van der Waals surface area contributed by atoms with Crippen LogP contribution >= 0.6 is 0 Å². The van der Waals surface area contributed by atoms with Crippen molar-refractivity contribution in [2.75, 3.05) is 26.4 Å². The molecule has 0 atom stereocenters. The molecule has 5 heteroatoms. The topological polar surface area (TPSA) is 52.6 Å². The number of hydrogen-bond donors (Lipinski definition) is 0. The Balaban J connectivity index is -0.000000153. The van der Waals surface area contributed by atoms with Crippen LogP contribution in [-0.2, 0) is 21.0 Å². The molecule has 0 spiro atoms. The number of rotatable bonds is 6. The molecule has 15 heavy (non-hydrogen) atoms. The van der Waals surface area contributed by atoms with Gasteiger partial charge in [-0.15, -0.1) is 0 Å². The Morgan fingerprint density at radius 1 is 0.800 bits per heavy atom. The van der Waals surface area contributed by atoms with E-state index in [0.29, 0.717) is 0 Å². The predicted molar refractivity (Wildman–Crippen MR) is 62.5 cm³/mol. The summed E-state index contributed by atoms with van der Waals surface area (Å²) in [6.45, 7) is 11.8. The van der Waals surface area contributed by atoms with Crippen molar-refractivity contribution in [3.05, 3.63) is 0 Å². The monoisotopic (exact) mass is 240 g/mol. The second-order valence-electron chi connectivity index (χ2n) is 2.46. The highest BCUT2D eigenvalue weighted by Crippen LogP contribution is 1.76. The zero-order chi connectivity index (χ0) is 12.4. The summed E-state index contributed by atoms with van der Waals surface area (Å²) in [6, 6.07) is 0. The molecule has 0 unspecified atom stereocenters. The summed E-state index contributed by atoms with van der Waals surface area (Å²) in [6.07, 6.45) is 2.27. The van der Waals surface area contributed by atoms with Crippen molar-refractivity contribution in [3.63, 3.8) is 0 Å². The van der Waals surface area contributed by atoms with Gasteiger partial charge < -0.3 is 9.47 Å². The zero-order valence-corrected chi connectivity index (χ0v) is 11.1. The summed E-state index contributed by atoms with van der Waals surface area (Å²) in [5.74, 6) is 0. The van der Waals surface area contributed by atoms with Crippen LogP contribution in [0.1, 0.15) is 40.5 Å². The van der Waals surface area contributed by atoms with E-state index in [4.69, 9.17) is 17.9 Å². The maximum absolute atomic E-state index is 8.29. The average molecular weight is 240 g/mol. The van der Waals surface area contributed by atoms with Gasteiger partial charge in [-0.1, -0.05) is 13.8 Å². The average Bonchev–Trinajstić information content (AvgIpc) is 2.25. The third-order valence-electron chi connectivity index (χ3n) is 1.11. The van der Waals surface area contributed by atoms with Crippen LogP contribution in [0.25, 0.3) is 0 Å². The lowest BCUT2D eigenvalue weighted by Crippen LogP contribution is -1.88. The summed E-state index contributed by atoms with van der Waals surface area (Å²) in [5.41, 5.74) is 0. The Labute approximate surface area is 97.0 Å². The first-order valence-electron chi connectivity index (χ1n) is 5.32. The third kappa shape index (κ3) is 57.5. The Morgan fingerprint density at radius 3 is 1.13 bits per heavy atom. The minimum absolute atomic E-state index is 0.750. The molecule has 0 fully saturated rings. The van der Waals surface area contributed by atoms with E-state index in [9.17, 15) is 0 Å². The molecule has 0 aliphatic heterocycles. The summed E-state index contributed by atoms with van der Waals surface area (Å²) in [5, 5.41) is 0. The summed E-state index contributed by atoms with van der Waals surface area (Å²) >= 11 is -0.750. The van der Waals surface area contributed by atoms with Gasteiger partial charge in [0.1, 0.15) is 0 Å². The van der Waals surface area contributed by atoms with Crippen LogP contribution in [0.2, 0.25) is 0 Å². The van der Waals surface area contributed by atoms with Gasteiger partial charge >= 0.3 is 11.6 Å². The Bertz CT molecular complexity index is 98.0. The van der Waals surface area contributed by atoms with Gasteiger partial charge in [0.05, 0.1) is 0 Å². The molecule has 0 aromatic rings. The summed E-state index contributed by atoms with van der Waals surface area (Å²) < 4.78 is 26.5. The Kier molecular flexibility index (Phi) is 39.3. The standard InChI is InChI=1S/2C5H12O.O2S/c2*1-3-5-6-4-2;1-3-2/h2*3-5H2,1-2H3;. The quantitative estimate of drug-likeness (QED) is 0.668. The lowest BCUT2D eigenvalue weighted by atomic mass is 10.5. The molecule has 0 aliphatic rings. The molecule has 0 heterocycles. The highest BCUT2D eigenvalue weighted by atomic mass is 32.1. The van der Waals surface area contributed by atoms with Crippen LogP contribution in [0.3, 0.4) is 0 Å². The molecule has 0 bridgehead atoms. The molecule has 0 aromatic carbocycles. The first kappa shape index (κ1) is 20.2. The molecule has 0 amide bonds. The van der Waals surface area contributed by atoms with Crippen LogP contribution in [0, 0.1) is 0 Å². The van der Waals surface area contributed by atoms with Crippen LogP contribution in [0.15, 0.2) is 0 Å². The molecule has 0 saturated carbocycles. The van der Waals surface area contributed by atoms with Crippen LogP contribution in [0.4, 0.5) is 0 Å². The van der Waals surface area contributed by atoms with Crippen molar-refractivity contribution in [3.8, 4) is 0 Å². The first-order valence-corrected chi connectivity index (χ1v) is 5.98. The van der Waals surface area contributed by atoms with E-state index in [-0.39, 0.29) is 0 Å². The maximum atomic E-state index is 8.29. The highest BCUT2D eigenvalue weighted by Gasteiger charge is 1.73. The third-order valence-corrected chi connectivity index (χ3v) is 1.11. The van der Waals surface area contributed by atoms with Crippen molar-refractivity contribution in [1.29, 1.82) is 0 Å². The molecule has 0 aliphatic carbocycles. The van der Waals surface area contributed by atoms with E-state index in [2.05, 4.69) is 13.8 Å². The predicted octanol–water partition coefficient (Wildman–Crippen LogP) is 2.20. The summed E-state index contributed by atoms with van der Waals surface area (Å²) in [4.78, 5) is 0. The van der Waals surface area contributed by atoms with Gasteiger partial charge in [0.2, 0.25) is 0 Å². The van der Waals surface area contributed by atoms with Crippen molar-refractivity contribution >= 4 is 11.6 Å². The normalized spacial score (nSPS) is 8.00. The second kappa shape index (κ2) is 29.2. The molecule has 0 rings (SSSR count). The van der Waals surface area contributed by atoms with Gasteiger partial charge in [0, 0.05) is 26.4 Å². The van der Waals surface area contributed by atoms with E-state index < -0.39 is 11.6 Å². The fourth-order valence-corrected chi connectivity index (χ4v) is 0.577. The molecule has 0 radical (unpaired) electrons. The van der Waals surface area contributed by atoms with Gasteiger partial charge in [-0.25, -0.2) is 0 Å². The van der Waals surface area contributed by atoms with Gasteiger partial charge in [0.15, 0.2) is 0 Å². The Hall–Kier alpha value is -0.260. The minimum atomic E-state index is -0.750. The van der Waals surface area contributed by atoms with Crippen molar-refractivity contribution in [2.45, 2.75) is 40.5 Å². The van der Waals surface area contributed by atoms with Crippen molar-refractivity contribution < 1.29 is 17.9 Å². The molecule has 0 saturated heterocycles. The fraction of sp³-hybridized carbons (Fsp3) is 1.00. The SMILES string of the molecule is CCCOCC.CCCOCC.O=S=O. The molecular weight excluding hydrogens is 216 g/mol. The molecule has 0 N–H and O–H groups in total. The molecule has 4 nitrogen and oxygen atoms in total. The van der Waals surface area contributed by atoms with Crippen molar-refractivity contribution in [2.24, 2.45) is 0 Å². The van der Waals surface area contributed by atoms with Crippen LogP contribution in [0.5, 0.6) is 0 Å². The lowest BCUT2D eigenvalue weighted by molar-refractivity contribution is 0.148. The smallest absolute Gasteiger partial charge is 0.335 e. The van der Waals surface area contributed by atoms with Gasteiger partial charge in [-0.3, -0.25) is 0 Å². The fourth-order valence-electron chi connectivity index (χ4n) is 0.577. The molecular formula is C10H24O4S. The van der Waals surface area contributed by atoms with Crippen LogP contribution in [-0.4, -0.2) is 34.8 Å². The van der Waals surface area contributed by atoms with E-state index in [1.807, 2.05) is 13.8 Å².